The monoisotopic (exact) mass is 327 g/mol. The Bertz CT molecular complexity index is 655. The van der Waals surface area contributed by atoms with Crippen LogP contribution < -0.4 is 5.32 Å². The van der Waals surface area contributed by atoms with Crippen molar-refractivity contribution in [2.75, 3.05) is 13.7 Å². The highest BCUT2D eigenvalue weighted by molar-refractivity contribution is 5.96. The number of hydrogen-bond acceptors (Lipinski definition) is 3. The first kappa shape index (κ1) is 18.2. The Hall–Kier alpha value is -2.17. The Kier molecular flexibility index (Phi) is 6.53. The van der Waals surface area contributed by atoms with Gasteiger partial charge in [-0.25, -0.2) is 0 Å². The SMILES string of the molecule is COC[C@@H](NC(=O)c1ccccc1[C@@H](O)c1ccccc1)C(C)C. The molecule has 0 unspecified atom stereocenters. The standard InChI is InChI=1S/C20H25NO3/c1-14(2)18(13-24-3)21-20(23)17-12-8-7-11-16(17)19(22)15-9-5-4-6-10-15/h4-12,14,18-19,22H,13H2,1-3H3,(H,21,23)/t18-,19+/m1/s1. The highest BCUT2D eigenvalue weighted by Crippen LogP contribution is 2.25. The van der Waals surface area contributed by atoms with Crippen molar-refractivity contribution in [1.82, 2.24) is 5.32 Å². The van der Waals surface area contributed by atoms with Gasteiger partial charge in [-0.2, -0.15) is 0 Å². The van der Waals surface area contributed by atoms with Gasteiger partial charge in [0.05, 0.1) is 12.6 Å². The molecule has 0 aliphatic carbocycles. The van der Waals surface area contributed by atoms with Crippen LogP contribution in [0.4, 0.5) is 0 Å². The largest absolute Gasteiger partial charge is 0.384 e. The molecule has 0 heterocycles. The lowest BCUT2D eigenvalue weighted by Gasteiger charge is -2.23. The first-order chi connectivity index (χ1) is 11.5. The van der Waals surface area contributed by atoms with E-state index in [1.54, 1.807) is 25.3 Å². The summed E-state index contributed by atoms with van der Waals surface area (Å²) in [6.45, 7) is 4.52. The molecule has 0 spiro atoms. The number of aliphatic hydroxyl groups is 1. The molecule has 1 amide bonds. The van der Waals surface area contributed by atoms with Gasteiger partial charge in [-0.3, -0.25) is 4.79 Å². The Labute approximate surface area is 143 Å². The predicted octanol–water partition coefficient (Wildman–Crippen LogP) is 3.17. The van der Waals surface area contributed by atoms with Crippen LogP contribution in [0, 0.1) is 5.92 Å². The van der Waals surface area contributed by atoms with Gasteiger partial charge < -0.3 is 15.2 Å². The van der Waals surface area contributed by atoms with E-state index in [1.165, 1.54) is 0 Å². The van der Waals surface area contributed by atoms with Crippen LogP contribution in [0.1, 0.15) is 41.4 Å². The zero-order valence-electron chi connectivity index (χ0n) is 14.4. The van der Waals surface area contributed by atoms with E-state index in [2.05, 4.69) is 5.32 Å². The highest BCUT2D eigenvalue weighted by Gasteiger charge is 2.22. The molecule has 0 bridgehead atoms. The Morgan fingerprint density at radius 3 is 2.33 bits per heavy atom. The summed E-state index contributed by atoms with van der Waals surface area (Å²) in [5, 5.41) is 13.7. The summed E-state index contributed by atoms with van der Waals surface area (Å²) in [5.41, 5.74) is 1.84. The maximum Gasteiger partial charge on any atom is 0.251 e. The molecule has 2 rings (SSSR count). The predicted molar refractivity (Wildman–Crippen MR) is 94.9 cm³/mol. The van der Waals surface area contributed by atoms with Gasteiger partial charge in [-0.15, -0.1) is 0 Å². The molecular formula is C20H25NO3. The third kappa shape index (κ3) is 4.43. The van der Waals surface area contributed by atoms with Crippen molar-refractivity contribution in [2.24, 2.45) is 5.92 Å². The lowest BCUT2D eigenvalue weighted by atomic mass is 9.96. The fraction of sp³-hybridized carbons (Fsp3) is 0.350. The molecule has 0 fully saturated rings. The van der Waals surface area contributed by atoms with Crippen molar-refractivity contribution >= 4 is 5.91 Å². The topological polar surface area (TPSA) is 58.6 Å². The second-order valence-corrected chi connectivity index (χ2v) is 6.18. The maximum absolute atomic E-state index is 12.7. The minimum absolute atomic E-state index is 0.0792. The molecule has 128 valence electrons. The molecule has 4 nitrogen and oxygen atoms in total. The van der Waals surface area contributed by atoms with Gasteiger partial charge >= 0.3 is 0 Å². The number of rotatable bonds is 7. The summed E-state index contributed by atoms with van der Waals surface area (Å²) in [6, 6.07) is 16.4. The summed E-state index contributed by atoms with van der Waals surface area (Å²) in [7, 11) is 1.62. The zero-order chi connectivity index (χ0) is 17.5. The van der Waals surface area contributed by atoms with Crippen LogP contribution in [-0.4, -0.2) is 30.8 Å². The molecule has 2 aromatic carbocycles. The third-order valence-electron chi connectivity index (χ3n) is 4.08. The number of carbonyl (C=O) groups is 1. The molecule has 4 heteroatoms. The molecule has 24 heavy (non-hydrogen) atoms. The van der Waals surface area contributed by atoms with Crippen molar-refractivity contribution in [3.8, 4) is 0 Å². The van der Waals surface area contributed by atoms with Gasteiger partial charge in [0, 0.05) is 12.7 Å². The normalized spacial score (nSPS) is 13.5. The van der Waals surface area contributed by atoms with Crippen molar-refractivity contribution in [3.63, 3.8) is 0 Å². The number of amides is 1. The molecule has 0 saturated carbocycles. The number of nitrogens with one attached hydrogen (secondary N) is 1. The summed E-state index contributed by atoms with van der Waals surface area (Å²) in [6.07, 6.45) is -0.840. The Balaban J connectivity index is 2.26. The molecule has 0 saturated heterocycles. The minimum Gasteiger partial charge on any atom is -0.384 e. The van der Waals surface area contributed by atoms with Crippen LogP contribution in [0.15, 0.2) is 54.6 Å². The van der Waals surface area contributed by atoms with Crippen LogP contribution in [0.2, 0.25) is 0 Å². The number of hydrogen-bond donors (Lipinski definition) is 2. The van der Waals surface area contributed by atoms with Gasteiger partial charge in [-0.1, -0.05) is 62.4 Å². The molecule has 2 atom stereocenters. The smallest absolute Gasteiger partial charge is 0.251 e. The van der Waals surface area contributed by atoms with E-state index < -0.39 is 6.10 Å². The Morgan fingerprint density at radius 2 is 1.71 bits per heavy atom. The fourth-order valence-corrected chi connectivity index (χ4v) is 2.58. The first-order valence-electron chi connectivity index (χ1n) is 8.16. The van der Waals surface area contributed by atoms with E-state index >= 15 is 0 Å². The molecule has 0 aromatic heterocycles. The van der Waals surface area contributed by atoms with Gasteiger partial charge in [-0.05, 0) is 23.1 Å². The molecule has 0 radical (unpaired) electrons. The number of methoxy groups -OCH3 is 1. The third-order valence-corrected chi connectivity index (χ3v) is 4.08. The van der Waals surface area contributed by atoms with Crippen molar-refractivity contribution < 1.29 is 14.6 Å². The van der Waals surface area contributed by atoms with Crippen LogP contribution >= 0.6 is 0 Å². The molecule has 2 aromatic rings. The minimum atomic E-state index is -0.840. The second-order valence-electron chi connectivity index (χ2n) is 6.18. The van der Waals surface area contributed by atoms with Crippen molar-refractivity contribution in [1.29, 1.82) is 0 Å². The van der Waals surface area contributed by atoms with E-state index in [0.29, 0.717) is 17.7 Å². The van der Waals surface area contributed by atoms with E-state index in [9.17, 15) is 9.90 Å². The molecular weight excluding hydrogens is 302 g/mol. The lowest BCUT2D eigenvalue weighted by molar-refractivity contribution is 0.0862. The van der Waals surface area contributed by atoms with Crippen LogP contribution in [-0.2, 0) is 4.74 Å². The average molecular weight is 327 g/mol. The number of aliphatic hydroxyl groups excluding tert-OH is 1. The zero-order valence-corrected chi connectivity index (χ0v) is 14.4. The van der Waals surface area contributed by atoms with Crippen molar-refractivity contribution in [3.05, 3.63) is 71.3 Å². The maximum atomic E-state index is 12.7. The average Bonchev–Trinajstić information content (AvgIpc) is 2.61. The van der Waals surface area contributed by atoms with E-state index in [1.807, 2.05) is 50.2 Å². The molecule has 2 N–H and O–H groups in total. The lowest BCUT2D eigenvalue weighted by Crippen LogP contribution is -2.42. The molecule has 0 aliphatic heterocycles. The van der Waals surface area contributed by atoms with Crippen molar-refractivity contribution in [2.45, 2.75) is 26.0 Å². The highest BCUT2D eigenvalue weighted by atomic mass is 16.5. The number of benzene rings is 2. The summed E-state index contributed by atoms with van der Waals surface area (Å²) < 4.78 is 5.18. The Morgan fingerprint density at radius 1 is 1.08 bits per heavy atom. The van der Waals surface area contributed by atoms with Gasteiger partial charge in [0.1, 0.15) is 6.10 Å². The number of ether oxygens (including phenoxy) is 1. The first-order valence-corrected chi connectivity index (χ1v) is 8.16. The summed E-state index contributed by atoms with van der Waals surface area (Å²) in [4.78, 5) is 12.7. The van der Waals surface area contributed by atoms with E-state index in [0.717, 1.165) is 5.56 Å². The van der Waals surface area contributed by atoms with E-state index in [-0.39, 0.29) is 17.9 Å². The second kappa shape index (κ2) is 8.62. The molecule has 0 aliphatic rings. The summed E-state index contributed by atoms with van der Waals surface area (Å²) in [5.74, 6) is 0.0523. The van der Waals surface area contributed by atoms with Gasteiger partial charge in [0.25, 0.3) is 5.91 Å². The van der Waals surface area contributed by atoms with Crippen LogP contribution in [0.3, 0.4) is 0 Å². The van der Waals surface area contributed by atoms with Gasteiger partial charge in [0.2, 0.25) is 0 Å². The van der Waals surface area contributed by atoms with Crippen LogP contribution in [0.25, 0.3) is 0 Å². The number of carbonyl (C=O) groups excluding carboxylic acids is 1. The van der Waals surface area contributed by atoms with E-state index in [4.69, 9.17) is 4.74 Å². The van der Waals surface area contributed by atoms with Gasteiger partial charge in [0.15, 0.2) is 0 Å². The summed E-state index contributed by atoms with van der Waals surface area (Å²) >= 11 is 0. The fourth-order valence-electron chi connectivity index (χ4n) is 2.58. The van der Waals surface area contributed by atoms with Crippen LogP contribution in [0.5, 0.6) is 0 Å². The quantitative estimate of drug-likeness (QED) is 0.821.